The molecule has 0 bridgehead atoms. The molecule has 2 N–H and O–H groups in total. The van der Waals surface area contributed by atoms with Crippen LogP contribution in [0.3, 0.4) is 0 Å². The fourth-order valence-electron chi connectivity index (χ4n) is 2.31. The van der Waals surface area contributed by atoms with Crippen LogP contribution in [-0.2, 0) is 16.6 Å². The smallest absolute Gasteiger partial charge is 0.271 e. The van der Waals surface area contributed by atoms with Crippen LogP contribution in [0.4, 0.5) is 5.69 Å². The highest BCUT2D eigenvalue weighted by atomic mass is 32.2. The summed E-state index contributed by atoms with van der Waals surface area (Å²) in [6.07, 6.45) is 0. The number of phenols is 1. The number of anilines is 1. The molecule has 0 aliphatic rings. The topological polar surface area (TPSA) is 86.7 Å². The lowest BCUT2D eigenvalue weighted by Crippen LogP contribution is -2.25. The van der Waals surface area contributed by atoms with Crippen LogP contribution in [0.2, 0.25) is 0 Å². The molecule has 136 valence electrons. The van der Waals surface area contributed by atoms with E-state index in [1.165, 1.54) is 29.2 Å². The maximum Gasteiger partial charge on any atom is 0.271 e. The Hall–Kier alpha value is -2.36. The number of phenolic OH excluding ortho intramolecular Hbond substituents is 1. The van der Waals surface area contributed by atoms with Gasteiger partial charge in [-0.3, -0.25) is 9.52 Å². The van der Waals surface area contributed by atoms with Gasteiger partial charge in [0.05, 0.1) is 17.8 Å². The molecule has 0 unspecified atom stereocenters. The summed E-state index contributed by atoms with van der Waals surface area (Å²) in [5.41, 5.74) is 0.302. The van der Waals surface area contributed by atoms with Gasteiger partial charge in [-0.15, -0.1) is 22.7 Å². The summed E-state index contributed by atoms with van der Waals surface area (Å²) in [6.45, 7) is 0.433. The highest BCUT2D eigenvalue weighted by Crippen LogP contribution is 2.26. The Kier molecular flexibility index (Phi) is 5.30. The quantitative estimate of drug-likeness (QED) is 0.653. The molecule has 1 amide bonds. The molecule has 0 radical (unpaired) electrons. The van der Waals surface area contributed by atoms with Gasteiger partial charge in [-0.05, 0) is 35.0 Å². The van der Waals surface area contributed by atoms with Crippen molar-refractivity contribution >= 4 is 44.3 Å². The van der Waals surface area contributed by atoms with Gasteiger partial charge in [0.25, 0.3) is 15.9 Å². The minimum absolute atomic E-state index is 0.114. The normalized spacial score (nSPS) is 11.3. The zero-order chi connectivity index (χ0) is 18.7. The first kappa shape index (κ1) is 18.4. The van der Waals surface area contributed by atoms with Crippen molar-refractivity contribution in [1.29, 1.82) is 0 Å². The molecule has 0 atom stereocenters. The van der Waals surface area contributed by atoms with E-state index in [1.54, 1.807) is 29.8 Å². The van der Waals surface area contributed by atoms with E-state index in [0.29, 0.717) is 6.54 Å². The Morgan fingerprint density at radius 2 is 1.88 bits per heavy atom. The van der Waals surface area contributed by atoms with Crippen molar-refractivity contribution in [3.63, 3.8) is 0 Å². The van der Waals surface area contributed by atoms with E-state index in [-0.39, 0.29) is 27.1 Å². The lowest BCUT2D eigenvalue weighted by molar-refractivity contribution is 0.0783. The van der Waals surface area contributed by atoms with Crippen molar-refractivity contribution in [2.45, 2.75) is 10.8 Å². The van der Waals surface area contributed by atoms with Gasteiger partial charge in [0.15, 0.2) is 0 Å². The molecule has 0 fully saturated rings. The summed E-state index contributed by atoms with van der Waals surface area (Å²) in [6, 6.07) is 11.1. The Balaban J connectivity index is 1.76. The fraction of sp³-hybridized carbons (Fsp3) is 0.118. The van der Waals surface area contributed by atoms with E-state index < -0.39 is 10.0 Å². The van der Waals surface area contributed by atoms with Crippen LogP contribution in [0, 0.1) is 0 Å². The molecular formula is C17H16N2O4S3. The van der Waals surface area contributed by atoms with Gasteiger partial charge in [-0.2, -0.15) is 0 Å². The fourth-order valence-corrected chi connectivity index (χ4v) is 5.11. The number of nitrogens with one attached hydrogen (secondary N) is 1. The summed E-state index contributed by atoms with van der Waals surface area (Å²) in [4.78, 5) is 15.0. The minimum Gasteiger partial charge on any atom is -0.507 e. The van der Waals surface area contributed by atoms with E-state index in [4.69, 9.17) is 0 Å². The molecule has 3 aromatic rings. The first-order valence-electron chi connectivity index (χ1n) is 7.54. The first-order valence-corrected chi connectivity index (χ1v) is 10.8. The second-order valence-corrected chi connectivity index (χ2v) is 9.40. The average Bonchev–Trinajstić information content (AvgIpc) is 3.28. The number of hydrogen-bond acceptors (Lipinski definition) is 6. The van der Waals surface area contributed by atoms with Crippen LogP contribution in [0.15, 0.2) is 57.4 Å². The van der Waals surface area contributed by atoms with E-state index in [9.17, 15) is 18.3 Å². The van der Waals surface area contributed by atoms with Crippen molar-refractivity contribution in [3.05, 3.63) is 63.7 Å². The van der Waals surface area contributed by atoms with E-state index in [2.05, 4.69) is 4.72 Å². The SMILES string of the molecule is CN(Cc1cccs1)C(=O)c1ccc(NS(=O)(=O)c2cccs2)cc1O. The summed E-state index contributed by atoms with van der Waals surface area (Å²) in [5, 5.41) is 13.8. The van der Waals surface area contributed by atoms with Crippen LogP contribution in [0.25, 0.3) is 0 Å². The Bertz CT molecular complexity index is 997. The third-order valence-corrected chi connectivity index (χ3v) is 7.20. The molecule has 1 aromatic carbocycles. The number of amides is 1. The maximum atomic E-state index is 12.5. The van der Waals surface area contributed by atoms with Crippen molar-refractivity contribution in [1.82, 2.24) is 4.90 Å². The lowest BCUT2D eigenvalue weighted by atomic mass is 10.1. The molecule has 2 heterocycles. The van der Waals surface area contributed by atoms with E-state index >= 15 is 0 Å². The molecule has 9 heteroatoms. The summed E-state index contributed by atoms with van der Waals surface area (Å²) < 4.78 is 27.0. The molecule has 0 aliphatic heterocycles. The summed E-state index contributed by atoms with van der Waals surface area (Å²) in [7, 11) is -2.06. The number of rotatable bonds is 6. The van der Waals surface area contributed by atoms with Crippen molar-refractivity contribution in [3.8, 4) is 5.75 Å². The van der Waals surface area contributed by atoms with Gasteiger partial charge in [-0.25, -0.2) is 8.42 Å². The Morgan fingerprint density at radius 1 is 1.15 bits per heavy atom. The highest BCUT2D eigenvalue weighted by Gasteiger charge is 2.19. The predicted octanol–water partition coefficient (Wildman–Crippen LogP) is 3.59. The van der Waals surface area contributed by atoms with Crippen molar-refractivity contribution < 1.29 is 18.3 Å². The van der Waals surface area contributed by atoms with Gasteiger partial charge < -0.3 is 10.0 Å². The number of thiophene rings is 2. The highest BCUT2D eigenvalue weighted by molar-refractivity contribution is 7.94. The number of sulfonamides is 1. The number of hydrogen-bond donors (Lipinski definition) is 2. The molecule has 0 saturated heterocycles. The van der Waals surface area contributed by atoms with Gasteiger partial charge in [-0.1, -0.05) is 12.1 Å². The van der Waals surface area contributed by atoms with Crippen LogP contribution in [-0.4, -0.2) is 31.4 Å². The average molecular weight is 409 g/mol. The molecule has 0 spiro atoms. The van der Waals surface area contributed by atoms with Gasteiger partial charge in [0.1, 0.15) is 9.96 Å². The third kappa shape index (κ3) is 4.06. The van der Waals surface area contributed by atoms with E-state index in [0.717, 1.165) is 16.2 Å². The monoisotopic (exact) mass is 408 g/mol. The third-order valence-electron chi connectivity index (χ3n) is 3.56. The molecule has 26 heavy (non-hydrogen) atoms. The zero-order valence-corrected chi connectivity index (χ0v) is 16.2. The molecule has 2 aromatic heterocycles. The van der Waals surface area contributed by atoms with Crippen LogP contribution >= 0.6 is 22.7 Å². The molecule has 3 rings (SSSR count). The van der Waals surface area contributed by atoms with Gasteiger partial charge >= 0.3 is 0 Å². The first-order chi connectivity index (χ1) is 12.4. The molecular weight excluding hydrogens is 392 g/mol. The summed E-state index contributed by atoms with van der Waals surface area (Å²) >= 11 is 2.64. The summed E-state index contributed by atoms with van der Waals surface area (Å²) in [5.74, 6) is -0.622. The Labute approximate surface area is 159 Å². The Morgan fingerprint density at radius 3 is 2.50 bits per heavy atom. The maximum absolute atomic E-state index is 12.5. The van der Waals surface area contributed by atoms with Crippen molar-refractivity contribution in [2.24, 2.45) is 0 Å². The largest absolute Gasteiger partial charge is 0.507 e. The number of carbonyl (C=O) groups excluding carboxylic acids is 1. The van der Waals surface area contributed by atoms with Gasteiger partial charge in [0.2, 0.25) is 0 Å². The number of aromatic hydroxyl groups is 1. The number of carbonyl (C=O) groups is 1. The van der Waals surface area contributed by atoms with E-state index in [1.807, 2.05) is 17.5 Å². The molecule has 0 aliphatic carbocycles. The standard InChI is InChI=1S/C17H16N2O4S3/c1-19(11-13-4-2-8-24-13)17(21)14-7-6-12(10-15(14)20)18-26(22,23)16-5-3-9-25-16/h2-10,18,20H,11H2,1H3. The van der Waals surface area contributed by atoms with Crippen LogP contribution < -0.4 is 4.72 Å². The van der Waals surface area contributed by atoms with Crippen LogP contribution in [0.1, 0.15) is 15.2 Å². The van der Waals surface area contributed by atoms with Gasteiger partial charge in [0, 0.05) is 18.0 Å². The minimum atomic E-state index is -3.71. The number of benzene rings is 1. The zero-order valence-electron chi connectivity index (χ0n) is 13.7. The predicted molar refractivity (Wildman–Crippen MR) is 103 cm³/mol. The number of nitrogens with zero attached hydrogens (tertiary/aromatic N) is 1. The lowest BCUT2D eigenvalue weighted by Gasteiger charge is -2.17. The van der Waals surface area contributed by atoms with Crippen LogP contribution in [0.5, 0.6) is 5.75 Å². The van der Waals surface area contributed by atoms with Crippen molar-refractivity contribution in [2.75, 3.05) is 11.8 Å². The molecule has 0 saturated carbocycles. The molecule has 6 nitrogen and oxygen atoms in total. The second kappa shape index (κ2) is 7.48. The second-order valence-electron chi connectivity index (χ2n) is 5.51.